The summed E-state index contributed by atoms with van der Waals surface area (Å²) in [6, 6.07) is 7.47. The number of nitro groups is 1. The fraction of sp³-hybridized carbons (Fsp3) is 0.417. The normalized spacial score (nSPS) is 15.1. The molecule has 1 amide bonds. The van der Waals surface area contributed by atoms with E-state index in [9.17, 15) is 14.9 Å². The summed E-state index contributed by atoms with van der Waals surface area (Å²) in [4.78, 5) is 29.2. The molecule has 1 aromatic heterocycles. The van der Waals surface area contributed by atoms with Gasteiger partial charge in [-0.05, 0) is 61.4 Å². The van der Waals surface area contributed by atoms with Gasteiger partial charge in [-0.2, -0.15) is 0 Å². The second kappa shape index (κ2) is 10.6. The number of carbonyl (C=O) groups excluding carboxylic acids is 1. The molecule has 1 aromatic carbocycles. The number of nitrogens with zero attached hydrogens (tertiary/aromatic N) is 3. The minimum Gasteiger partial charge on any atom is -0.450 e. The van der Waals surface area contributed by atoms with Crippen molar-refractivity contribution in [2.24, 2.45) is 0 Å². The van der Waals surface area contributed by atoms with Crippen molar-refractivity contribution in [1.82, 2.24) is 9.88 Å². The summed E-state index contributed by atoms with van der Waals surface area (Å²) in [6.07, 6.45) is 3.83. The van der Waals surface area contributed by atoms with E-state index < -0.39 is 4.92 Å². The van der Waals surface area contributed by atoms with E-state index in [2.05, 4.69) is 4.98 Å². The first-order valence-corrected chi connectivity index (χ1v) is 11.4. The first-order valence-electron chi connectivity index (χ1n) is 11.0. The van der Waals surface area contributed by atoms with E-state index in [1.165, 1.54) is 11.8 Å². The third kappa shape index (κ3) is 4.93. The number of benzene rings is 1. The van der Waals surface area contributed by atoms with Crippen molar-refractivity contribution in [2.45, 2.75) is 46.5 Å². The lowest BCUT2D eigenvalue weighted by molar-refractivity contribution is -0.385. The third-order valence-corrected chi connectivity index (χ3v) is 5.88. The Labute approximate surface area is 193 Å². The number of rotatable bonds is 2. The maximum absolute atomic E-state index is 12.1. The highest BCUT2D eigenvalue weighted by Gasteiger charge is 2.28. The van der Waals surface area contributed by atoms with Gasteiger partial charge in [-0.1, -0.05) is 37.1 Å². The van der Waals surface area contributed by atoms with Gasteiger partial charge in [0.2, 0.25) is 0 Å². The van der Waals surface area contributed by atoms with Gasteiger partial charge in [0.25, 0.3) is 5.69 Å². The van der Waals surface area contributed by atoms with Crippen molar-refractivity contribution in [3.05, 3.63) is 73.6 Å². The number of fused-ring (bicyclic) bond motifs is 2. The number of pyridine rings is 1. The largest absolute Gasteiger partial charge is 0.450 e. The summed E-state index contributed by atoms with van der Waals surface area (Å²) in [5.74, 6) is 0. The molecule has 0 N–H and O–H groups in total. The zero-order valence-corrected chi connectivity index (χ0v) is 19.4. The molecule has 32 heavy (non-hydrogen) atoms. The number of piperidine rings is 1. The second-order valence-corrected chi connectivity index (χ2v) is 7.86. The zero-order chi connectivity index (χ0) is 23.3. The van der Waals surface area contributed by atoms with E-state index >= 15 is 0 Å². The molecule has 1 aliphatic carbocycles. The average molecular weight is 458 g/mol. The number of amides is 1. The average Bonchev–Trinajstić information content (AvgIpc) is 2.96. The van der Waals surface area contributed by atoms with Crippen LogP contribution < -0.4 is 0 Å². The number of aromatic nitrogens is 1. The molecule has 0 saturated carbocycles. The highest BCUT2D eigenvalue weighted by molar-refractivity contribution is 6.30. The van der Waals surface area contributed by atoms with Gasteiger partial charge in [0, 0.05) is 29.8 Å². The van der Waals surface area contributed by atoms with Crippen LogP contribution in [0.15, 0.2) is 36.0 Å². The lowest BCUT2D eigenvalue weighted by atomic mass is 9.88. The van der Waals surface area contributed by atoms with E-state index in [0.29, 0.717) is 44.0 Å². The van der Waals surface area contributed by atoms with Crippen molar-refractivity contribution in [3.63, 3.8) is 0 Å². The quantitative estimate of drug-likeness (QED) is 0.418. The van der Waals surface area contributed by atoms with Crippen LogP contribution in [0, 0.1) is 10.1 Å². The number of halogens is 1. The molecule has 1 saturated heterocycles. The standard InChI is InChI=1S/C22H22ClN3O4.C2H6/c1-2-30-22(27)25-9-7-14(8-10-25)20-19-6-5-17(23)11-15(19)3-4-16-12-18(26(28)29)13-24-21(16)20;1-2/h5-6,11-13H,2-4,7-10H2,1H3;1-2H3. The molecule has 0 radical (unpaired) electrons. The molecule has 0 unspecified atom stereocenters. The molecule has 2 heterocycles. The molecular formula is C24H28ClN3O4. The molecule has 2 aromatic rings. The Morgan fingerprint density at radius 1 is 1.16 bits per heavy atom. The molecule has 7 nitrogen and oxygen atoms in total. The Kier molecular flexibility index (Phi) is 7.85. The van der Waals surface area contributed by atoms with Gasteiger partial charge in [0.15, 0.2) is 0 Å². The number of carbonyl (C=O) groups is 1. The van der Waals surface area contributed by atoms with Gasteiger partial charge in [0.05, 0.1) is 17.2 Å². The lowest BCUT2D eigenvalue weighted by Gasteiger charge is -2.29. The minimum absolute atomic E-state index is 0.000723. The lowest BCUT2D eigenvalue weighted by Crippen LogP contribution is -2.37. The molecule has 0 atom stereocenters. The van der Waals surface area contributed by atoms with Crippen LogP contribution in [0.5, 0.6) is 0 Å². The van der Waals surface area contributed by atoms with Gasteiger partial charge in [-0.25, -0.2) is 9.78 Å². The molecule has 0 bridgehead atoms. The SMILES string of the molecule is CC.CCOC(=O)N1CCC(=C2c3ccc(Cl)cc3CCc3cc([N+](=O)[O-])cnc32)CC1. The Bertz CT molecular complexity index is 1040. The first-order chi connectivity index (χ1) is 15.5. The molecule has 1 aliphatic heterocycles. The first kappa shape index (κ1) is 23.7. The summed E-state index contributed by atoms with van der Waals surface area (Å²) in [7, 11) is 0. The Hall–Kier alpha value is -2.93. The van der Waals surface area contributed by atoms with E-state index in [1.807, 2.05) is 32.0 Å². The molecular weight excluding hydrogens is 430 g/mol. The zero-order valence-electron chi connectivity index (χ0n) is 18.7. The third-order valence-electron chi connectivity index (χ3n) is 5.65. The van der Waals surface area contributed by atoms with Crippen molar-refractivity contribution in [1.29, 1.82) is 0 Å². The van der Waals surface area contributed by atoms with Crippen LogP contribution in [-0.4, -0.2) is 40.6 Å². The van der Waals surface area contributed by atoms with Gasteiger partial charge < -0.3 is 9.64 Å². The Morgan fingerprint density at radius 2 is 1.84 bits per heavy atom. The predicted octanol–water partition coefficient (Wildman–Crippen LogP) is 5.82. The Balaban J connectivity index is 0.00000141. The van der Waals surface area contributed by atoms with E-state index in [0.717, 1.165) is 34.4 Å². The number of likely N-dealkylation sites (tertiary alicyclic amines) is 1. The number of hydrogen-bond acceptors (Lipinski definition) is 5. The number of hydrogen-bond donors (Lipinski definition) is 0. The fourth-order valence-electron chi connectivity index (χ4n) is 4.21. The van der Waals surface area contributed by atoms with Gasteiger partial charge in [0.1, 0.15) is 6.20 Å². The van der Waals surface area contributed by atoms with Crippen molar-refractivity contribution in [3.8, 4) is 0 Å². The molecule has 4 rings (SSSR count). The summed E-state index contributed by atoms with van der Waals surface area (Å²) >= 11 is 6.25. The predicted molar refractivity (Wildman–Crippen MR) is 125 cm³/mol. The monoisotopic (exact) mass is 457 g/mol. The topological polar surface area (TPSA) is 85.6 Å². The summed E-state index contributed by atoms with van der Waals surface area (Å²) < 4.78 is 5.12. The maximum Gasteiger partial charge on any atom is 0.409 e. The van der Waals surface area contributed by atoms with Gasteiger partial charge in [-0.3, -0.25) is 10.1 Å². The molecule has 2 aliphatic rings. The van der Waals surface area contributed by atoms with Gasteiger partial charge in [-0.15, -0.1) is 0 Å². The van der Waals surface area contributed by atoms with Crippen LogP contribution in [0.1, 0.15) is 56.0 Å². The van der Waals surface area contributed by atoms with Crippen LogP contribution >= 0.6 is 11.6 Å². The van der Waals surface area contributed by atoms with Gasteiger partial charge >= 0.3 is 6.09 Å². The molecule has 1 fully saturated rings. The number of aryl methyl sites for hydroxylation is 2. The second-order valence-electron chi connectivity index (χ2n) is 7.42. The van der Waals surface area contributed by atoms with Crippen LogP contribution in [0.25, 0.3) is 5.57 Å². The number of ether oxygens (including phenoxy) is 1. The molecule has 8 heteroatoms. The summed E-state index contributed by atoms with van der Waals surface area (Å²) in [6.45, 7) is 7.30. The van der Waals surface area contributed by atoms with Crippen LogP contribution in [-0.2, 0) is 17.6 Å². The van der Waals surface area contributed by atoms with E-state index in [-0.39, 0.29) is 11.8 Å². The maximum atomic E-state index is 12.1. The van der Waals surface area contributed by atoms with Crippen LogP contribution in [0.4, 0.5) is 10.5 Å². The van der Waals surface area contributed by atoms with E-state index in [4.69, 9.17) is 16.3 Å². The van der Waals surface area contributed by atoms with Crippen molar-refractivity contribution >= 4 is 29.0 Å². The fourth-order valence-corrected chi connectivity index (χ4v) is 4.40. The molecule has 170 valence electrons. The van der Waals surface area contributed by atoms with E-state index in [1.54, 1.807) is 17.9 Å². The highest BCUT2D eigenvalue weighted by Crippen LogP contribution is 2.39. The van der Waals surface area contributed by atoms with Crippen molar-refractivity contribution in [2.75, 3.05) is 19.7 Å². The Morgan fingerprint density at radius 3 is 2.50 bits per heavy atom. The van der Waals surface area contributed by atoms with Crippen LogP contribution in [0.2, 0.25) is 5.02 Å². The summed E-state index contributed by atoms with van der Waals surface area (Å²) in [5.41, 5.74) is 6.06. The summed E-state index contributed by atoms with van der Waals surface area (Å²) in [5, 5.41) is 11.9. The minimum atomic E-state index is -0.410. The smallest absolute Gasteiger partial charge is 0.409 e. The highest BCUT2D eigenvalue weighted by atomic mass is 35.5. The molecule has 0 spiro atoms. The van der Waals surface area contributed by atoms with Crippen LogP contribution in [0.3, 0.4) is 0 Å². The van der Waals surface area contributed by atoms with Crippen molar-refractivity contribution < 1.29 is 14.5 Å².